The van der Waals surface area contributed by atoms with Crippen molar-refractivity contribution in [2.24, 2.45) is 0 Å². The first-order chi connectivity index (χ1) is 12.2. The first-order valence-corrected chi connectivity index (χ1v) is 11.8. The summed E-state index contributed by atoms with van der Waals surface area (Å²) in [5, 5.41) is 1.05. The van der Waals surface area contributed by atoms with Crippen LogP contribution in [-0.2, 0) is 9.47 Å². The Hall–Kier alpha value is -0.250. The molecule has 0 aromatic carbocycles. The largest absolute Gasteiger partial charge is 0.508 e. The van der Waals surface area contributed by atoms with E-state index in [1.165, 1.54) is 57.8 Å². The number of rotatable bonds is 18. The zero-order valence-electron chi connectivity index (χ0n) is 16.7. The number of ether oxygens (including phenoxy) is 2. The van der Waals surface area contributed by atoms with Crippen LogP contribution in [0.3, 0.4) is 0 Å². The normalized spacial score (nSPS) is 12.1. The fourth-order valence-corrected chi connectivity index (χ4v) is 3.31. The van der Waals surface area contributed by atoms with Gasteiger partial charge < -0.3 is 9.47 Å². The van der Waals surface area contributed by atoms with Crippen molar-refractivity contribution >= 4 is 22.1 Å². The van der Waals surface area contributed by atoms with E-state index in [-0.39, 0.29) is 6.10 Å². The summed E-state index contributed by atoms with van der Waals surface area (Å²) in [7, 11) is 0. The highest BCUT2D eigenvalue weighted by Gasteiger charge is 2.15. The second-order valence-electron chi connectivity index (χ2n) is 6.99. The fraction of sp³-hybridized carbons (Fsp3) is 0.952. The summed E-state index contributed by atoms with van der Waals surface area (Å²) in [6.07, 6.45) is 17.1. The number of hydrogen-bond donors (Lipinski definition) is 0. The Morgan fingerprint density at radius 1 is 0.760 bits per heavy atom. The molecule has 150 valence electrons. The van der Waals surface area contributed by atoms with Crippen LogP contribution in [0.25, 0.3) is 0 Å². The minimum atomic E-state index is -0.463. The molecule has 4 heteroatoms. The molecule has 0 rings (SSSR count). The number of hydrogen-bond acceptors (Lipinski definition) is 3. The van der Waals surface area contributed by atoms with Crippen LogP contribution in [0.2, 0.25) is 0 Å². The third kappa shape index (κ3) is 18.3. The molecule has 25 heavy (non-hydrogen) atoms. The molecule has 0 aromatic heterocycles. The van der Waals surface area contributed by atoms with Gasteiger partial charge in [0, 0.05) is 5.33 Å². The molecule has 0 amide bonds. The van der Waals surface area contributed by atoms with Gasteiger partial charge in [-0.1, -0.05) is 87.6 Å². The molecule has 0 aliphatic heterocycles. The van der Waals surface area contributed by atoms with E-state index < -0.39 is 6.16 Å². The van der Waals surface area contributed by atoms with Gasteiger partial charge in [0.15, 0.2) is 0 Å². The molecule has 0 bridgehead atoms. The lowest BCUT2D eigenvalue weighted by Gasteiger charge is -2.17. The summed E-state index contributed by atoms with van der Waals surface area (Å²) in [5.74, 6) is 0. The van der Waals surface area contributed by atoms with Gasteiger partial charge in [0.05, 0.1) is 6.61 Å². The molecule has 1 unspecified atom stereocenters. The predicted octanol–water partition coefficient (Wildman–Crippen LogP) is 7.79. The van der Waals surface area contributed by atoms with E-state index in [1.807, 2.05) is 0 Å². The van der Waals surface area contributed by atoms with Crippen molar-refractivity contribution in [1.29, 1.82) is 0 Å². The molecule has 0 radical (unpaired) electrons. The molecule has 0 spiro atoms. The SMILES string of the molecule is CCCCCCCC(CCCCCC)OC(=O)OCCCCCCBr. The van der Waals surface area contributed by atoms with Crippen LogP contribution in [0.1, 0.15) is 110 Å². The summed E-state index contributed by atoms with van der Waals surface area (Å²) in [6.45, 7) is 4.94. The lowest BCUT2D eigenvalue weighted by molar-refractivity contribution is 0.0155. The van der Waals surface area contributed by atoms with Crippen molar-refractivity contribution in [3.8, 4) is 0 Å². The summed E-state index contributed by atoms with van der Waals surface area (Å²) in [6, 6.07) is 0. The van der Waals surface area contributed by atoms with Gasteiger partial charge in [-0.2, -0.15) is 0 Å². The van der Waals surface area contributed by atoms with E-state index in [4.69, 9.17) is 9.47 Å². The second-order valence-corrected chi connectivity index (χ2v) is 7.79. The molecule has 0 fully saturated rings. The van der Waals surface area contributed by atoms with Crippen molar-refractivity contribution < 1.29 is 14.3 Å². The summed E-state index contributed by atoms with van der Waals surface area (Å²) < 4.78 is 10.8. The fourth-order valence-electron chi connectivity index (χ4n) is 2.91. The standard InChI is InChI=1S/C21H41BrO3/c1-3-5-7-9-13-17-20(16-12-8-6-4-2)25-21(23)24-19-15-11-10-14-18-22/h20H,3-19H2,1-2H3. The van der Waals surface area contributed by atoms with E-state index in [0.29, 0.717) is 6.61 Å². The van der Waals surface area contributed by atoms with Crippen LogP contribution in [0.15, 0.2) is 0 Å². The van der Waals surface area contributed by atoms with Gasteiger partial charge in [-0.3, -0.25) is 0 Å². The molecule has 0 N–H and O–H groups in total. The van der Waals surface area contributed by atoms with E-state index in [0.717, 1.165) is 43.9 Å². The maximum atomic E-state index is 11.9. The van der Waals surface area contributed by atoms with E-state index in [2.05, 4.69) is 29.8 Å². The number of carbonyl (C=O) groups is 1. The van der Waals surface area contributed by atoms with Crippen molar-refractivity contribution in [3.05, 3.63) is 0 Å². The number of halogens is 1. The van der Waals surface area contributed by atoms with Crippen LogP contribution in [0, 0.1) is 0 Å². The lowest BCUT2D eigenvalue weighted by Crippen LogP contribution is -2.19. The van der Waals surface area contributed by atoms with Crippen LogP contribution < -0.4 is 0 Å². The van der Waals surface area contributed by atoms with Crippen molar-refractivity contribution in [1.82, 2.24) is 0 Å². The van der Waals surface area contributed by atoms with Crippen molar-refractivity contribution in [2.45, 2.75) is 116 Å². The third-order valence-electron chi connectivity index (χ3n) is 4.52. The average Bonchev–Trinajstić information content (AvgIpc) is 2.61. The second kappa shape index (κ2) is 20.1. The van der Waals surface area contributed by atoms with E-state index >= 15 is 0 Å². The first-order valence-electron chi connectivity index (χ1n) is 10.6. The van der Waals surface area contributed by atoms with Gasteiger partial charge in [0.25, 0.3) is 0 Å². The molecule has 0 aromatic rings. The molecular formula is C21H41BrO3. The Morgan fingerprint density at radius 2 is 1.28 bits per heavy atom. The summed E-state index contributed by atoms with van der Waals surface area (Å²) in [5.41, 5.74) is 0. The molecule has 3 nitrogen and oxygen atoms in total. The van der Waals surface area contributed by atoms with Crippen molar-refractivity contribution in [2.75, 3.05) is 11.9 Å². The molecule has 0 saturated heterocycles. The van der Waals surface area contributed by atoms with Gasteiger partial charge in [-0.25, -0.2) is 4.79 Å². The molecule has 0 heterocycles. The van der Waals surface area contributed by atoms with Crippen LogP contribution >= 0.6 is 15.9 Å². The van der Waals surface area contributed by atoms with Gasteiger partial charge in [0.2, 0.25) is 0 Å². The maximum absolute atomic E-state index is 11.9. The Bertz CT molecular complexity index is 284. The Labute approximate surface area is 164 Å². The highest BCUT2D eigenvalue weighted by molar-refractivity contribution is 9.09. The van der Waals surface area contributed by atoms with Crippen LogP contribution in [0.5, 0.6) is 0 Å². The number of unbranched alkanes of at least 4 members (excludes halogenated alkanes) is 10. The first kappa shape index (κ1) is 24.8. The predicted molar refractivity (Wildman–Crippen MR) is 111 cm³/mol. The molecule has 0 saturated carbocycles. The van der Waals surface area contributed by atoms with Crippen LogP contribution in [-0.4, -0.2) is 24.2 Å². The monoisotopic (exact) mass is 420 g/mol. The lowest BCUT2D eigenvalue weighted by atomic mass is 10.0. The minimum Gasteiger partial charge on any atom is -0.434 e. The van der Waals surface area contributed by atoms with E-state index in [9.17, 15) is 4.79 Å². The van der Waals surface area contributed by atoms with Gasteiger partial charge >= 0.3 is 6.16 Å². The van der Waals surface area contributed by atoms with Crippen molar-refractivity contribution in [3.63, 3.8) is 0 Å². The zero-order valence-corrected chi connectivity index (χ0v) is 18.3. The maximum Gasteiger partial charge on any atom is 0.508 e. The topological polar surface area (TPSA) is 35.5 Å². The smallest absolute Gasteiger partial charge is 0.434 e. The summed E-state index contributed by atoms with van der Waals surface area (Å²) in [4.78, 5) is 11.9. The Balaban J connectivity index is 3.92. The van der Waals surface area contributed by atoms with Gasteiger partial charge in [0.1, 0.15) is 6.10 Å². The minimum absolute atomic E-state index is 0.0411. The zero-order chi connectivity index (χ0) is 18.6. The quantitative estimate of drug-likeness (QED) is 0.129. The molecule has 0 aliphatic rings. The van der Waals surface area contributed by atoms with E-state index in [1.54, 1.807) is 0 Å². The highest BCUT2D eigenvalue weighted by Crippen LogP contribution is 2.16. The number of carbonyl (C=O) groups excluding carboxylic acids is 1. The van der Waals surface area contributed by atoms with Gasteiger partial charge in [-0.05, 0) is 38.5 Å². The van der Waals surface area contributed by atoms with Gasteiger partial charge in [-0.15, -0.1) is 0 Å². The average molecular weight is 421 g/mol. The molecule has 1 atom stereocenters. The Kier molecular flexibility index (Phi) is 19.9. The number of alkyl halides is 1. The third-order valence-corrected chi connectivity index (χ3v) is 5.08. The molecule has 0 aliphatic carbocycles. The van der Waals surface area contributed by atoms with Crippen LogP contribution in [0.4, 0.5) is 4.79 Å². The Morgan fingerprint density at radius 3 is 1.88 bits per heavy atom. The highest BCUT2D eigenvalue weighted by atomic mass is 79.9. The molecular weight excluding hydrogens is 380 g/mol. The summed E-state index contributed by atoms with van der Waals surface area (Å²) >= 11 is 3.43.